The Morgan fingerprint density at radius 3 is 2.67 bits per heavy atom. The predicted molar refractivity (Wildman–Crippen MR) is 156 cm³/mol. The van der Waals surface area contributed by atoms with Crippen molar-refractivity contribution in [1.29, 1.82) is 0 Å². The predicted octanol–water partition coefficient (Wildman–Crippen LogP) is 6.92. The maximum atomic E-state index is 11.9. The number of hydrogen-bond acceptors (Lipinski definition) is 8. The first-order chi connectivity index (χ1) is 19.3. The van der Waals surface area contributed by atoms with Crippen molar-refractivity contribution >= 4 is 46.0 Å². The summed E-state index contributed by atoms with van der Waals surface area (Å²) in [4.78, 5) is 23.4. The number of nitrogens with zero attached hydrogens (tertiary/aromatic N) is 4. The molecule has 2 unspecified atom stereocenters. The molecule has 0 amide bonds. The maximum Gasteiger partial charge on any atom is 0.337 e. The van der Waals surface area contributed by atoms with E-state index in [0.29, 0.717) is 50.4 Å². The number of nitrogens with one attached hydrogen (secondary N) is 1. The van der Waals surface area contributed by atoms with E-state index >= 15 is 0 Å². The van der Waals surface area contributed by atoms with E-state index in [4.69, 9.17) is 37.4 Å². The number of hydrogen-bond donors (Lipinski definition) is 1. The molecule has 2 aliphatic rings. The Hall–Kier alpha value is -3.46. The highest BCUT2D eigenvalue weighted by Crippen LogP contribution is 2.46. The average molecular weight is 579 g/mol. The number of piperidine rings is 1. The van der Waals surface area contributed by atoms with E-state index in [2.05, 4.69) is 33.9 Å². The van der Waals surface area contributed by atoms with Crippen LogP contribution in [0.1, 0.15) is 60.2 Å². The molecule has 10 heteroatoms. The Morgan fingerprint density at radius 1 is 1.20 bits per heavy atom. The minimum absolute atomic E-state index is 0.141. The van der Waals surface area contributed by atoms with Crippen LogP contribution in [0.25, 0.3) is 22.3 Å². The Labute approximate surface area is 242 Å². The van der Waals surface area contributed by atoms with Crippen LogP contribution in [0.2, 0.25) is 10.0 Å². The molecule has 4 aromatic rings. The van der Waals surface area contributed by atoms with Crippen LogP contribution in [0.5, 0.6) is 0 Å². The fourth-order valence-corrected chi connectivity index (χ4v) is 6.10. The van der Waals surface area contributed by atoms with Gasteiger partial charge in [-0.25, -0.2) is 9.78 Å². The van der Waals surface area contributed by atoms with Gasteiger partial charge in [-0.15, -0.1) is 0 Å². The second-order valence-corrected chi connectivity index (χ2v) is 11.3. The molecule has 2 fully saturated rings. The highest BCUT2D eigenvalue weighted by molar-refractivity contribution is 6.39. The third-order valence-electron chi connectivity index (χ3n) is 7.62. The van der Waals surface area contributed by atoms with Crippen molar-refractivity contribution in [2.75, 3.05) is 12.0 Å². The normalized spacial score (nSPS) is 19.3. The van der Waals surface area contributed by atoms with Crippen LogP contribution in [-0.2, 0) is 11.3 Å². The van der Waals surface area contributed by atoms with Crippen LogP contribution < -0.4 is 10.2 Å². The minimum atomic E-state index is -0.401. The smallest absolute Gasteiger partial charge is 0.337 e. The number of benzene rings is 2. The first-order valence-electron chi connectivity index (χ1n) is 13.3. The number of halogens is 2. The number of esters is 1. The van der Waals surface area contributed by atoms with Gasteiger partial charge in [-0.1, -0.05) is 41.0 Å². The second-order valence-electron chi connectivity index (χ2n) is 10.5. The molecule has 2 aromatic carbocycles. The van der Waals surface area contributed by atoms with Crippen LogP contribution >= 0.6 is 23.2 Å². The van der Waals surface area contributed by atoms with Crippen molar-refractivity contribution in [3.8, 4) is 11.3 Å². The largest absolute Gasteiger partial charge is 0.465 e. The highest BCUT2D eigenvalue weighted by Gasteiger charge is 2.35. The van der Waals surface area contributed by atoms with Crippen LogP contribution in [0.3, 0.4) is 0 Å². The minimum Gasteiger partial charge on any atom is -0.465 e. The summed E-state index contributed by atoms with van der Waals surface area (Å²) in [5.41, 5.74) is 5.17. The summed E-state index contributed by atoms with van der Waals surface area (Å²) in [5, 5.41) is 9.24. The molecule has 0 bridgehead atoms. The van der Waals surface area contributed by atoms with Gasteiger partial charge in [0.15, 0.2) is 5.82 Å². The van der Waals surface area contributed by atoms with E-state index < -0.39 is 5.97 Å². The zero-order valence-corrected chi connectivity index (χ0v) is 23.8. The van der Waals surface area contributed by atoms with Gasteiger partial charge in [0, 0.05) is 47.8 Å². The fraction of sp³-hybridized carbons (Fsp3) is 0.333. The Kier molecular flexibility index (Phi) is 7.25. The van der Waals surface area contributed by atoms with Crippen molar-refractivity contribution in [2.45, 2.75) is 57.2 Å². The lowest BCUT2D eigenvalue weighted by molar-refractivity contribution is 0.0601. The molecular weight excluding hydrogens is 549 g/mol. The number of aromatic nitrogens is 3. The summed E-state index contributed by atoms with van der Waals surface area (Å²) in [6.07, 6.45) is 5.56. The molecule has 3 heterocycles. The fourth-order valence-electron chi connectivity index (χ4n) is 5.53. The molecule has 0 spiro atoms. The number of carbonyl (C=O) groups excluding carboxylic acids is 1. The van der Waals surface area contributed by atoms with Crippen molar-refractivity contribution in [3.63, 3.8) is 0 Å². The molecule has 6 rings (SSSR count). The number of anilines is 1. The van der Waals surface area contributed by atoms with Crippen LogP contribution in [0.15, 0.2) is 59.4 Å². The van der Waals surface area contributed by atoms with Crippen molar-refractivity contribution in [2.24, 2.45) is 0 Å². The SMILES string of the molecule is C=C1CC(NCc2c(-c3c(Cl)cccc3Cl)noc2C2CC2)CC(C)N1c1cnc2cc(C(=O)OC)ccc2n1. The van der Waals surface area contributed by atoms with Crippen molar-refractivity contribution < 1.29 is 14.1 Å². The first-order valence-corrected chi connectivity index (χ1v) is 14.1. The van der Waals surface area contributed by atoms with Gasteiger partial charge in [0.2, 0.25) is 0 Å². The van der Waals surface area contributed by atoms with E-state index in [1.165, 1.54) is 7.11 Å². The first kappa shape index (κ1) is 26.7. The molecule has 1 saturated carbocycles. The molecule has 8 nitrogen and oxygen atoms in total. The monoisotopic (exact) mass is 577 g/mol. The molecule has 2 aromatic heterocycles. The zero-order chi connectivity index (χ0) is 28.0. The van der Waals surface area contributed by atoms with Gasteiger partial charge in [-0.2, -0.15) is 0 Å². The Morgan fingerprint density at radius 2 is 1.98 bits per heavy atom. The van der Waals surface area contributed by atoms with Gasteiger partial charge in [0.05, 0.1) is 39.9 Å². The number of rotatable bonds is 7. The summed E-state index contributed by atoms with van der Waals surface area (Å²) in [7, 11) is 1.36. The van der Waals surface area contributed by atoms with Gasteiger partial charge in [0.1, 0.15) is 11.5 Å². The molecule has 2 atom stereocenters. The van der Waals surface area contributed by atoms with E-state index in [-0.39, 0.29) is 12.1 Å². The average Bonchev–Trinajstić information content (AvgIpc) is 3.70. The summed E-state index contributed by atoms with van der Waals surface area (Å²) >= 11 is 13.1. The summed E-state index contributed by atoms with van der Waals surface area (Å²) in [6.45, 7) is 7.14. The summed E-state index contributed by atoms with van der Waals surface area (Å²) in [5.74, 6) is 1.65. The standard InChI is InChI=1S/C30H29Cl2N5O3/c1-16-11-20(12-17(2)37(16)26-15-34-25-13-19(30(38)39-3)9-10-24(25)35-26)33-14-21-28(36-40-29(21)18-7-8-18)27-22(31)5-4-6-23(27)32/h4-6,9-10,13,15,17-18,20,33H,1,7-8,11-12,14H2,2-3H3. The van der Waals surface area contributed by atoms with Gasteiger partial charge in [-0.3, -0.25) is 4.98 Å². The van der Waals surface area contributed by atoms with Crippen LogP contribution in [0.4, 0.5) is 5.82 Å². The van der Waals surface area contributed by atoms with Gasteiger partial charge in [0.25, 0.3) is 0 Å². The van der Waals surface area contributed by atoms with E-state index in [0.717, 1.165) is 48.5 Å². The van der Waals surface area contributed by atoms with Crippen LogP contribution in [0, 0.1) is 0 Å². The topological polar surface area (TPSA) is 93.4 Å². The molecular formula is C30H29Cl2N5O3. The Balaban J connectivity index is 1.19. The highest BCUT2D eigenvalue weighted by atomic mass is 35.5. The summed E-state index contributed by atoms with van der Waals surface area (Å²) < 4.78 is 10.6. The van der Waals surface area contributed by atoms with E-state index in [1.807, 2.05) is 18.2 Å². The van der Waals surface area contributed by atoms with Crippen molar-refractivity contribution in [1.82, 2.24) is 20.4 Å². The molecule has 40 heavy (non-hydrogen) atoms. The molecule has 1 saturated heterocycles. The zero-order valence-electron chi connectivity index (χ0n) is 22.3. The lowest BCUT2D eigenvalue weighted by Gasteiger charge is -2.40. The number of methoxy groups -OCH3 is 1. The third kappa shape index (κ3) is 5.07. The lowest BCUT2D eigenvalue weighted by atomic mass is 9.95. The molecule has 1 N–H and O–H groups in total. The lowest BCUT2D eigenvalue weighted by Crippen LogP contribution is -2.46. The van der Waals surface area contributed by atoms with Crippen molar-refractivity contribution in [3.05, 3.63) is 81.8 Å². The maximum absolute atomic E-state index is 11.9. The van der Waals surface area contributed by atoms with Crippen LogP contribution in [-0.4, -0.2) is 40.3 Å². The van der Waals surface area contributed by atoms with Gasteiger partial charge in [-0.05, 0) is 56.5 Å². The second kappa shape index (κ2) is 10.8. The number of ether oxygens (including phenoxy) is 1. The number of fused-ring (bicyclic) bond motifs is 1. The Bertz CT molecular complexity index is 1600. The quantitative estimate of drug-likeness (QED) is 0.237. The molecule has 1 aliphatic carbocycles. The molecule has 0 radical (unpaired) electrons. The summed E-state index contributed by atoms with van der Waals surface area (Å²) in [6, 6.07) is 11.0. The number of carbonyl (C=O) groups is 1. The third-order valence-corrected chi connectivity index (χ3v) is 8.25. The molecule has 206 valence electrons. The molecule has 1 aliphatic heterocycles. The van der Waals surface area contributed by atoms with E-state index in [1.54, 1.807) is 24.4 Å². The van der Waals surface area contributed by atoms with Gasteiger partial charge < -0.3 is 19.5 Å². The van der Waals surface area contributed by atoms with E-state index in [9.17, 15) is 4.79 Å². The van der Waals surface area contributed by atoms with Gasteiger partial charge >= 0.3 is 5.97 Å².